The second-order valence-electron chi connectivity index (χ2n) is 5.92. The Hall–Kier alpha value is -1.63. The molecule has 2 heterocycles. The van der Waals surface area contributed by atoms with Gasteiger partial charge in [-0.25, -0.2) is 4.79 Å². The van der Waals surface area contributed by atoms with Crippen molar-refractivity contribution in [2.24, 2.45) is 0 Å². The van der Waals surface area contributed by atoms with E-state index >= 15 is 0 Å². The zero-order chi connectivity index (χ0) is 14.9. The third kappa shape index (κ3) is 2.62. The van der Waals surface area contributed by atoms with E-state index in [0.29, 0.717) is 39.1 Å². The van der Waals surface area contributed by atoms with Crippen LogP contribution in [0.25, 0.3) is 0 Å². The average molecular weight is 295 g/mol. The minimum Gasteiger partial charge on any atom is -0.378 e. The molecule has 1 saturated carbocycles. The molecule has 0 aromatic carbocycles. The molecule has 0 atom stereocenters. The van der Waals surface area contributed by atoms with Crippen molar-refractivity contribution in [3.05, 3.63) is 0 Å². The van der Waals surface area contributed by atoms with Crippen molar-refractivity contribution < 1.29 is 19.1 Å². The molecule has 0 bridgehead atoms. The molecule has 0 aromatic heterocycles. The van der Waals surface area contributed by atoms with E-state index in [1.54, 1.807) is 4.90 Å². The first-order valence-corrected chi connectivity index (χ1v) is 7.62. The molecule has 3 fully saturated rings. The van der Waals surface area contributed by atoms with Crippen LogP contribution in [0.1, 0.15) is 32.1 Å². The van der Waals surface area contributed by atoms with Crippen LogP contribution in [0.4, 0.5) is 4.79 Å². The Balaban J connectivity index is 1.56. The van der Waals surface area contributed by atoms with Gasteiger partial charge in [-0.3, -0.25) is 14.5 Å². The van der Waals surface area contributed by atoms with Gasteiger partial charge in [0, 0.05) is 26.1 Å². The Bertz CT molecular complexity index is 453. The van der Waals surface area contributed by atoms with Gasteiger partial charge in [0.1, 0.15) is 5.54 Å². The number of carbonyl (C=O) groups is 3. The van der Waals surface area contributed by atoms with Crippen LogP contribution < -0.4 is 5.32 Å². The molecular weight excluding hydrogens is 274 g/mol. The van der Waals surface area contributed by atoms with E-state index in [2.05, 4.69) is 5.32 Å². The highest BCUT2D eigenvalue weighted by Crippen LogP contribution is 2.35. The van der Waals surface area contributed by atoms with E-state index in [4.69, 9.17) is 4.74 Å². The molecule has 2 aliphatic heterocycles. The quantitative estimate of drug-likeness (QED) is 0.749. The van der Waals surface area contributed by atoms with Crippen molar-refractivity contribution in [1.29, 1.82) is 0 Å². The summed E-state index contributed by atoms with van der Waals surface area (Å²) >= 11 is 0. The van der Waals surface area contributed by atoms with Crippen molar-refractivity contribution in [1.82, 2.24) is 15.1 Å². The standard InChI is InChI=1S/C14H21N3O4/c18-11(16-7-9-21-10-8-16)3-6-17-12(19)14(15-13(17)20)4-1-2-5-14/h1-10H2,(H,15,20). The van der Waals surface area contributed by atoms with Gasteiger partial charge in [-0.15, -0.1) is 0 Å². The Morgan fingerprint density at radius 1 is 1.19 bits per heavy atom. The Kier molecular flexibility index (Phi) is 3.84. The number of hydrogen-bond donors (Lipinski definition) is 1. The summed E-state index contributed by atoms with van der Waals surface area (Å²) < 4.78 is 5.20. The number of ether oxygens (including phenoxy) is 1. The lowest BCUT2D eigenvalue weighted by Gasteiger charge is -2.27. The summed E-state index contributed by atoms with van der Waals surface area (Å²) in [6.07, 6.45) is 3.55. The summed E-state index contributed by atoms with van der Waals surface area (Å²) in [6.45, 7) is 2.45. The van der Waals surface area contributed by atoms with Crippen molar-refractivity contribution in [3.63, 3.8) is 0 Å². The number of rotatable bonds is 3. The fourth-order valence-electron chi connectivity index (χ4n) is 3.38. The number of imide groups is 1. The minimum atomic E-state index is -0.681. The molecule has 0 aromatic rings. The summed E-state index contributed by atoms with van der Waals surface area (Å²) in [5.41, 5.74) is -0.681. The maximum Gasteiger partial charge on any atom is 0.325 e. The fraction of sp³-hybridized carbons (Fsp3) is 0.786. The molecule has 116 valence electrons. The topological polar surface area (TPSA) is 79.0 Å². The van der Waals surface area contributed by atoms with Crippen molar-refractivity contribution in [2.75, 3.05) is 32.8 Å². The maximum absolute atomic E-state index is 12.4. The van der Waals surface area contributed by atoms with E-state index in [1.807, 2.05) is 0 Å². The summed E-state index contributed by atoms with van der Waals surface area (Å²) in [4.78, 5) is 39.4. The van der Waals surface area contributed by atoms with Gasteiger partial charge in [0.2, 0.25) is 5.91 Å². The monoisotopic (exact) mass is 295 g/mol. The number of amides is 4. The second kappa shape index (κ2) is 5.63. The van der Waals surface area contributed by atoms with E-state index in [9.17, 15) is 14.4 Å². The Labute approximate surface area is 123 Å². The minimum absolute atomic E-state index is 0.0220. The molecule has 1 spiro atoms. The van der Waals surface area contributed by atoms with Crippen LogP contribution in [0.5, 0.6) is 0 Å². The number of carbonyl (C=O) groups excluding carboxylic acids is 3. The molecule has 7 nitrogen and oxygen atoms in total. The highest BCUT2D eigenvalue weighted by atomic mass is 16.5. The molecule has 0 radical (unpaired) electrons. The molecule has 1 N–H and O–H groups in total. The average Bonchev–Trinajstić information content (AvgIpc) is 3.05. The van der Waals surface area contributed by atoms with Crippen LogP contribution in [0.2, 0.25) is 0 Å². The first-order valence-electron chi connectivity index (χ1n) is 7.62. The normalized spacial score (nSPS) is 24.8. The summed E-state index contributed by atoms with van der Waals surface area (Å²) in [5.74, 6) is -0.175. The fourth-order valence-corrected chi connectivity index (χ4v) is 3.38. The van der Waals surface area contributed by atoms with Gasteiger partial charge in [0.25, 0.3) is 5.91 Å². The highest BCUT2D eigenvalue weighted by Gasteiger charge is 2.52. The summed E-state index contributed by atoms with van der Waals surface area (Å²) in [6, 6.07) is -0.350. The van der Waals surface area contributed by atoms with Crippen LogP contribution >= 0.6 is 0 Å². The molecule has 3 rings (SSSR count). The lowest BCUT2D eigenvalue weighted by molar-refractivity contribution is -0.136. The van der Waals surface area contributed by atoms with E-state index < -0.39 is 5.54 Å². The number of urea groups is 1. The lowest BCUT2D eigenvalue weighted by Crippen LogP contribution is -2.45. The van der Waals surface area contributed by atoms with Crippen LogP contribution in [-0.2, 0) is 14.3 Å². The first-order chi connectivity index (χ1) is 10.1. The molecule has 21 heavy (non-hydrogen) atoms. The zero-order valence-electron chi connectivity index (χ0n) is 12.1. The Morgan fingerprint density at radius 3 is 2.52 bits per heavy atom. The smallest absolute Gasteiger partial charge is 0.325 e. The number of nitrogens with zero attached hydrogens (tertiary/aromatic N) is 2. The van der Waals surface area contributed by atoms with Crippen LogP contribution in [0.3, 0.4) is 0 Å². The van der Waals surface area contributed by atoms with Gasteiger partial charge >= 0.3 is 6.03 Å². The molecular formula is C14H21N3O4. The molecule has 3 aliphatic rings. The van der Waals surface area contributed by atoms with Gasteiger partial charge in [-0.2, -0.15) is 0 Å². The van der Waals surface area contributed by atoms with Gasteiger partial charge in [0.05, 0.1) is 13.2 Å². The SMILES string of the molecule is O=C(CCN1C(=O)NC2(CCCC2)C1=O)N1CCOCC1. The van der Waals surface area contributed by atoms with Gasteiger partial charge in [-0.05, 0) is 12.8 Å². The molecule has 7 heteroatoms. The number of nitrogens with one attached hydrogen (secondary N) is 1. The van der Waals surface area contributed by atoms with Crippen LogP contribution in [0, 0.1) is 0 Å². The summed E-state index contributed by atoms with van der Waals surface area (Å²) in [5, 5.41) is 2.82. The third-order valence-corrected chi connectivity index (χ3v) is 4.62. The Morgan fingerprint density at radius 2 is 1.86 bits per heavy atom. The maximum atomic E-state index is 12.4. The predicted molar refractivity (Wildman–Crippen MR) is 73.5 cm³/mol. The second-order valence-corrected chi connectivity index (χ2v) is 5.92. The van der Waals surface area contributed by atoms with E-state index in [1.165, 1.54) is 4.90 Å². The zero-order valence-corrected chi connectivity index (χ0v) is 12.1. The predicted octanol–water partition coefficient (Wildman–Crippen LogP) is 0.0999. The van der Waals surface area contributed by atoms with Crippen molar-refractivity contribution in [3.8, 4) is 0 Å². The highest BCUT2D eigenvalue weighted by molar-refractivity contribution is 6.07. The van der Waals surface area contributed by atoms with Gasteiger partial charge in [0.15, 0.2) is 0 Å². The largest absolute Gasteiger partial charge is 0.378 e. The van der Waals surface area contributed by atoms with E-state index in [-0.39, 0.29) is 30.8 Å². The van der Waals surface area contributed by atoms with E-state index in [0.717, 1.165) is 12.8 Å². The van der Waals surface area contributed by atoms with Crippen LogP contribution in [-0.4, -0.2) is 66.0 Å². The summed E-state index contributed by atoms with van der Waals surface area (Å²) in [7, 11) is 0. The third-order valence-electron chi connectivity index (χ3n) is 4.62. The van der Waals surface area contributed by atoms with Gasteiger partial charge < -0.3 is 15.0 Å². The molecule has 1 aliphatic carbocycles. The van der Waals surface area contributed by atoms with Crippen molar-refractivity contribution >= 4 is 17.8 Å². The number of hydrogen-bond acceptors (Lipinski definition) is 4. The van der Waals surface area contributed by atoms with Gasteiger partial charge in [-0.1, -0.05) is 12.8 Å². The number of morpholine rings is 1. The first kappa shape index (κ1) is 14.3. The molecule has 2 saturated heterocycles. The molecule has 4 amide bonds. The molecule has 0 unspecified atom stereocenters. The van der Waals surface area contributed by atoms with Crippen molar-refractivity contribution in [2.45, 2.75) is 37.6 Å². The van der Waals surface area contributed by atoms with Crippen LogP contribution in [0.15, 0.2) is 0 Å². The lowest BCUT2D eigenvalue weighted by atomic mass is 9.98.